The number of carbonyl (C=O) groups is 2. The Kier molecular flexibility index (Phi) is 6.96. The monoisotopic (exact) mass is 398 g/mol. The molecular weight excluding hydrogens is 370 g/mol. The largest absolute Gasteiger partial charge is 0.462 e. The molecule has 1 heterocycles. The van der Waals surface area contributed by atoms with Crippen molar-refractivity contribution in [2.24, 2.45) is 0 Å². The van der Waals surface area contributed by atoms with Gasteiger partial charge in [-0.15, -0.1) is 0 Å². The van der Waals surface area contributed by atoms with Crippen molar-refractivity contribution in [1.29, 1.82) is 0 Å². The molecule has 1 aromatic rings. The van der Waals surface area contributed by atoms with Crippen LogP contribution in [-0.4, -0.2) is 82.4 Å². The summed E-state index contributed by atoms with van der Waals surface area (Å²) >= 11 is 0. The highest BCUT2D eigenvalue weighted by molar-refractivity contribution is 7.89. The number of hydrogen-bond acceptors (Lipinski definition) is 5. The average molecular weight is 399 g/mol. The van der Waals surface area contributed by atoms with E-state index in [1.165, 1.54) is 28.6 Å². The van der Waals surface area contributed by atoms with E-state index in [0.717, 1.165) is 4.90 Å². The first-order valence-electron chi connectivity index (χ1n) is 9.01. The number of amides is 1. The molecule has 1 amide bonds. The van der Waals surface area contributed by atoms with E-state index in [0.29, 0.717) is 31.7 Å². The molecule has 1 atom stereocenters. The number of nitrogens with one attached hydrogen (secondary N) is 1. The molecule has 1 fully saturated rings. The predicted molar refractivity (Wildman–Crippen MR) is 100 cm³/mol. The van der Waals surface area contributed by atoms with Gasteiger partial charge in [-0.2, -0.15) is 4.31 Å². The van der Waals surface area contributed by atoms with E-state index in [1.54, 1.807) is 25.9 Å². The van der Waals surface area contributed by atoms with Crippen molar-refractivity contribution < 1.29 is 27.6 Å². The number of carbonyl (C=O) groups excluding carboxylic acids is 2. The molecule has 0 unspecified atom stereocenters. The van der Waals surface area contributed by atoms with Gasteiger partial charge in [0.1, 0.15) is 0 Å². The Bertz CT molecular complexity index is 769. The molecular formula is C18H28N3O5S+. The fourth-order valence-electron chi connectivity index (χ4n) is 3.14. The minimum absolute atomic E-state index is 0.0378. The van der Waals surface area contributed by atoms with Crippen LogP contribution in [0.25, 0.3) is 0 Å². The summed E-state index contributed by atoms with van der Waals surface area (Å²) in [6, 6.07) is 5.58. The first kappa shape index (κ1) is 21.3. The fraction of sp³-hybridized carbons (Fsp3) is 0.556. The molecule has 8 nitrogen and oxygen atoms in total. The lowest BCUT2D eigenvalue weighted by atomic mass is 10.2. The number of piperazine rings is 1. The molecule has 0 bridgehead atoms. The van der Waals surface area contributed by atoms with Crippen molar-refractivity contribution in [3.63, 3.8) is 0 Å². The number of ether oxygens (including phenoxy) is 1. The molecule has 2 rings (SSSR count). The van der Waals surface area contributed by atoms with Crippen molar-refractivity contribution in [1.82, 2.24) is 9.21 Å². The molecule has 1 aromatic carbocycles. The summed E-state index contributed by atoms with van der Waals surface area (Å²) in [6.07, 6.45) is 0. The molecule has 1 saturated heterocycles. The molecule has 0 radical (unpaired) electrons. The zero-order chi connectivity index (χ0) is 20.2. The van der Waals surface area contributed by atoms with E-state index in [1.807, 2.05) is 6.92 Å². The molecule has 1 N–H and O–H groups in total. The Morgan fingerprint density at radius 2 is 1.74 bits per heavy atom. The molecule has 0 aliphatic carbocycles. The van der Waals surface area contributed by atoms with E-state index in [-0.39, 0.29) is 23.5 Å². The SMILES string of the molecule is CCOC(=O)c1ccc(S(=O)(=O)N2CC[NH+]([C@H](C)C(=O)N(C)C)CC2)cc1. The number of likely N-dealkylation sites (N-methyl/N-ethyl adjacent to an activating group) is 1. The van der Waals surface area contributed by atoms with Gasteiger partial charge >= 0.3 is 5.97 Å². The first-order valence-corrected chi connectivity index (χ1v) is 10.5. The molecule has 0 spiro atoms. The Labute approximate surface area is 160 Å². The molecule has 150 valence electrons. The van der Waals surface area contributed by atoms with Crippen LogP contribution in [0, 0.1) is 0 Å². The minimum atomic E-state index is -3.63. The fourth-order valence-corrected chi connectivity index (χ4v) is 4.58. The van der Waals surface area contributed by atoms with Crippen LogP contribution in [0.5, 0.6) is 0 Å². The smallest absolute Gasteiger partial charge is 0.338 e. The summed E-state index contributed by atoms with van der Waals surface area (Å²) in [4.78, 5) is 26.6. The second kappa shape index (κ2) is 8.81. The average Bonchev–Trinajstić information content (AvgIpc) is 2.67. The quantitative estimate of drug-likeness (QED) is 0.636. The maximum atomic E-state index is 12.8. The lowest BCUT2D eigenvalue weighted by Gasteiger charge is -2.34. The van der Waals surface area contributed by atoms with Gasteiger partial charge in [-0.05, 0) is 38.1 Å². The van der Waals surface area contributed by atoms with E-state index in [4.69, 9.17) is 4.74 Å². The maximum absolute atomic E-state index is 12.8. The van der Waals surface area contributed by atoms with E-state index in [9.17, 15) is 18.0 Å². The van der Waals surface area contributed by atoms with Gasteiger partial charge in [-0.25, -0.2) is 13.2 Å². The van der Waals surface area contributed by atoms with E-state index < -0.39 is 16.0 Å². The zero-order valence-corrected chi connectivity index (χ0v) is 17.1. The number of benzene rings is 1. The normalized spacial score (nSPS) is 17.3. The first-order chi connectivity index (χ1) is 12.7. The number of quaternary nitrogens is 1. The van der Waals surface area contributed by atoms with Gasteiger partial charge in [0.2, 0.25) is 10.0 Å². The summed E-state index contributed by atoms with van der Waals surface area (Å²) < 4.78 is 32.0. The number of sulfonamides is 1. The van der Waals surface area contributed by atoms with Gasteiger partial charge in [0, 0.05) is 14.1 Å². The van der Waals surface area contributed by atoms with Gasteiger partial charge in [-0.1, -0.05) is 0 Å². The van der Waals surface area contributed by atoms with Gasteiger partial charge in [0.15, 0.2) is 6.04 Å². The number of rotatable bonds is 6. The van der Waals surface area contributed by atoms with Gasteiger partial charge < -0.3 is 14.5 Å². The molecule has 1 aliphatic rings. The van der Waals surface area contributed by atoms with Crippen LogP contribution < -0.4 is 4.90 Å². The third kappa shape index (κ3) is 4.85. The standard InChI is InChI=1S/C18H27N3O5S/c1-5-26-18(23)15-6-8-16(9-7-15)27(24,25)21-12-10-20(11-13-21)14(2)17(22)19(3)4/h6-9,14H,5,10-13H2,1-4H3/p+1/t14-/m1/s1. The molecule has 0 aromatic heterocycles. The maximum Gasteiger partial charge on any atom is 0.338 e. The van der Waals surface area contributed by atoms with Crippen molar-refractivity contribution in [3.05, 3.63) is 29.8 Å². The van der Waals surface area contributed by atoms with Crippen molar-refractivity contribution in [2.75, 3.05) is 46.9 Å². The Balaban J connectivity index is 2.04. The highest BCUT2D eigenvalue weighted by atomic mass is 32.2. The Hall–Kier alpha value is -1.97. The number of nitrogens with zero attached hydrogens (tertiary/aromatic N) is 2. The van der Waals surface area contributed by atoms with Crippen molar-refractivity contribution in [2.45, 2.75) is 24.8 Å². The number of esters is 1. The summed E-state index contributed by atoms with van der Waals surface area (Å²) in [5.74, 6) is -0.436. The molecule has 0 saturated carbocycles. The third-order valence-electron chi connectivity index (χ3n) is 4.79. The summed E-state index contributed by atoms with van der Waals surface area (Å²) in [6.45, 7) is 5.69. The summed E-state index contributed by atoms with van der Waals surface area (Å²) in [5, 5.41) is 0. The highest BCUT2D eigenvalue weighted by Crippen LogP contribution is 2.17. The van der Waals surface area contributed by atoms with Crippen LogP contribution in [0.1, 0.15) is 24.2 Å². The lowest BCUT2D eigenvalue weighted by molar-refractivity contribution is -0.917. The summed E-state index contributed by atoms with van der Waals surface area (Å²) in [5.41, 5.74) is 0.320. The van der Waals surface area contributed by atoms with Crippen molar-refractivity contribution >= 4 is 21.9 Å². The Morgan fingerprint density at radius 1 is 1.19 bits per heavy atom. The second-order valence-electron chi connectivity index (χ2n) is 6.76. The van der Waals surface area contributed by atoms with E-state index >= 15 is 0 Å². The van der Waals surface area contributed by atoms with Crippen LogP contribution >= 0.6 is 0 Å². The van der Waals surface area contributed by atoms with Crippen LogP contribution in [0.4, 0.5) is 0 Å². The van der Waals surface area contributed by atoms with Gasteiger partial charge in [0.25, 0.3) is 5.91 Å². The molecule has 27 heavy (non-hydrogen) atoms. The van der Waals surface area contributed by atoms with Crippen LogP contribution in [0.2, 0.25) is 0 Å². The lowest BCUT2D eigenvalue weighted by Crippen LogP contribution is -3.19. The van der Waals surface area contributed by atoms with Crippen molar-refractivity contribution in [3.8, 4) is 0 Å². The highest BCUT2D eigenvalue weighted by Gasteiger charge is 2.34. The Morgan fingerprint density at radius 3 is 2.22 bits per heavy atom. The van der Waals surface area contributed by atoms with Crippen LogP contribution in [-0.2, 0) is 19.6 Å². The zero-order valence-electron chi connectivity index (χ0n) is 16.3. The minimum Gasteiger partial charge on any atom is -0.462 e. The van der Waals surface area contributed by atoms with Gasteiger partial charge in [0.05, 0.1) is 43.2 Å². The molecule has 9 heteroatoms. The molecule has 1 aliphatic heterocycles. The van der Waals surface area contributed by atoms with Crippen LogP contribution in [0.3, 0.4) is 0 Å². The van der Waals surface area contributed by atoms with Gasteiger partial charge in [-0.3, -0.25) is 4.79 Å². The van der Waals surface area contributed by atoms with E-state index in [2.05, 4.69) is 0 Å². The topological polar surface area (TPSA) is 88.4 Å². The summed E-state index contributed by atoms with van der Waals surface area (Å²) in [7, 11) is -0.188. The second-order valence-corrected chi connectivity index (χ2v) is 8.70. The number of hydrogen-bond donors (Lipinski definition) is 1. The third-order valence-corrected chi connectivity index (χ3v) is 6.70. The van der Waals surface area contributed by atoms with Crippen LogP contribution in [0.15, 0.2) is 29.2 Å². The predicted octanol–water partition coefficient (Wildman–Crippen LogP) is -0.771.